The Morgan fingerprint density at radius 2 is 2.14 bits per heavy atom. The average Bonchev–Trinajstić information content (AvgIpc) is 2.93. The maximum atomic E-state index is 12.3. The summed E-state index contributed by atoms with van der Waals surface area (Å²) in [5, 5.41) is 3.94. The number of hydrogen-bond acceptors (Lipinski definition) is 4. The van der Waals surface area contributed by atoms with Gasteiger partial charge in [-0.15, -0.1) is 11.3 Å². The molecule has 0 radical (unpaired) electrons. The molecule has 1 saturated heterocycles. The second kappa shape index (κ2) is 6.34. The first kappa shape index (κ1) is 15.4. The zero-order valence-corrected chi connectivity index (χ0v) is 14.2. The van der Waals surface area contributed by atoms with E-state index in [9.17, 15) is 4.79 Å². The molecule has 3 rings (SSSR count). The standard InChI is InChI=1S/C17H23N3OS/c1-11(2)20-9-6-12(7-10-20)14-13-5-4-8-19-17(13)22-15(14)16(21)18-3/h4-5,8,11-12H,6-7,9-10H2,1-3H3,(H,18,21). The lowest BCUT2D eigenvalue weighted by atomic mass is 9.87. The van der Waals surface area contributed by atoms with Crippen molar-refractivity contribution in [2.45, 2.75) is 38.6 Å². The number of rotatable bonds is 3. The second-order valence-electron chi connectivity index (χ2n) is 6.18. The van der Waals surface area contributed by atoms with Crippen LogP contribution >= 0.6 is 11.3 Å². The number of amides is 1. The summed E-state index contributed by atoms with van der Waals surface area (Å²) >= 11 is 1.52. The first-order chi connectivity index (χ1) is 10.6. The van der Waals surface area contributed by atoms with Gasteiger partial charge in [0.15, 0.2) is 0 Å². The normalized spacial score (nSPS) is 17.3. The van der Waals surface area contributed by atoms with Gasteiger partial charge in [0.25, 0.3) is 5.91 Å². The number of hydrogen-bond donors (Lipinski definition) is 1. The predicted molar refractivity (Wildman–Crippen MR) is 91.7 cm³/mol. The van der Waals surface area contributed by atoms with Crippen LogP contribution < -0.4 is 5.32 Å². The van der Waals surface area contributed by atoms with Gasteiger partial charge in [-0.2, -0.15) is 0 Å². The van der Waals surface area contributed by atoms with E-state index in [2.05, 4.69) is 35.1 Å². The van der Waals surface area contributed by atoms with Gasteiger partial charge >= 0.3 is 0 Å². The molecule has 0 saturated carbocycles. The Labute approximate surface area is 135 Å². The molecule has 0 atom stereocenters. The number of likely N-dealkylation sites (tertiary alicyclic amines) is 1. The molecule has 0 aliphatic carbocycles. The van der Waals surface area contributed by atoms with Crippen LogP contribution in [-0.2, 0) is 0 Å². The summed E-state index contributed by atoms with van der Waals surface area (Å²) in [5.74, 6) is 0.476. The Hall–Kier alpha value is -1.46. The highest BCUT2D eigenvalue weighted by atomic mass is 32.1. The molecule has 1 aliphatic rings. The summed E-state index contributed by atoms with van der Waals surface area (Å²) in [6.45, 7) is 6.71. The Kier molecular flexibility index (Phi) is 4.45. The molecule has 0 bridgehead atoms. The molecule has 118 valence electrons. The topological polar surface area (TPSA) is 45.2 Å². The minimum absolute atomic E-state index is 0.0179. The molecule has 0 unspecified atom stereocenters. The first-order valence-electron chi connectivity index (χ1n) is 7.95. The summed E-state index contributed by atoms with van der Waals surface area (Å²) in [7, 11) is 1.70. The van der Waals surface area contributed by atoms with Crippen LogP contribution in [0.5, 0.6) is 0 Å². The highest BCUT2D eigenvalue weighted by Crippen LogP contribution is 2.39. The van der Waals surface area contributed by atoms with Gasteiger partial charge in [0, 0.05) is 24.7 Å². The number of nitrogens with one attached hydrogen (secondary N) is 1. The summed E-state index contributed by atoms with van der Waals surface area (Å²) in [6, 6.07) is 4.67. The maximum Gasteiger partial charge on any atom is 0.261 e. The number of piperidine rings is 1. The van der Waals surface area contributed by atoms with E-state index in [0.717, 1.165) is 41.0 Å². The van der Waals surface area contributed by atoms with Crippen molar-refractivity contribution in [2.75, 3.05) is 20.1 Å². The molecule has 2 aromatic heterocycles. The van der Waals surface area contributed by atoms with E-state index in [1.807, 2.05) is 6.07 Å². The maximum absolute atomic E-state index is 12.3. The lowest BCUT2D eigenvalue weighted by molar-refractivity contribution is 0.0964. The van der Waals surface area contributed by atoms with E-state index in [-0.39, 0.29) is 5.91 Å². The molecule has 0 aromatic carbocycles. The van der Waals surface area contributed by atoms with Crippen LogP contribution in [-0.4, -0.2) is 42.0 Å². The van der Waals surface area contributed by atoms with Crippen molar-refractivity contribution in [2.24, 2.45) is 0 Å². The van der Waals surface area contributed by atoms with Gasteiger partial charge in [0.1, 0.15) is 4.83 Å². The Bertz CT molecular complexity index is 672. The fourth-order valence-electron chi connectivity index (χ4n) is 3.34. The molecule has 1 amide bonds. The van der Waals surface area contributed by atoms with E-state index in [0.29, 0.717) is 12.0 Å². The summed E-state index contributed by atoms with van der Waals surface area (Å²) in [4.78, 5) is 21.1. The van der Waals surface area contributed by atoms with E-state index in [1.54, 1.807) is 13.2 Å². The smallest absolute Gasteiger partial charge is 0.261 e. The van der Waals surface area contributed by atoms with Gasteiger partial charge in [-0.3, -0.25) is 4.79 Å². The fourth-order valence-corrected chi connectivity index (χ4v) is 4.52. The molecule has 4 nitrogen and oxygen atoms in total. The van der Waals surface area contributed by atoms with Crippen LogP contribution in [0.2, 0.25) is 0 Å². The van der Waals surface area contributed by atoms with E-state index >= 15 is 0 Å². The fraction of sp³-hybridized carbons (Fsp3) is 0.529. The van der Waals surface area contributed by atoms with Crippen molar-refractivity contribution in [3.63, 3.8) is 0 Å². The van der Waals surface area contributed by atoms with Crippen molar-refractivity contribution in [3.05, 3.63) is 28.8 Å². The molecule has 3 heterocycles. The summed E-state index contributed by atoms with van der Waals surface area (Å²) < 4.78 is 0. The zero-order chi connectivity index (χ0) is 15.7. The third kappa shape index (κ3) is 2.75. The minimum atomic E-state index is 0.0179. The Morgan fingerprint density at radius 3 is 2.77 bits per heavy atom. The summed E-state index contributed by atoms with van der Waals surface area (Å²) in [5.41, 5.74) is 1.22. The second-order valence-corrected chi connectivity index (χ2v) is 7.18. The number of aromatic nitrogens is 1. The molecule has 2 aromatic rings. The van der Waals surface area contributed by atoms with Crippen molar-refractivity contribution < 1.29 is 4.79 Å². The number of carbonyl (C=O) groups excluding carboxylic acids is 1. The number of carbonyl (C=O) groups is 1. The van der Waals surface area contributed by atoms with Crippen molar-refractivity contribution in [1.82, 2.24) is 15.2 Å². The lowest BCUT2D eigenvalue weighted by Gasteiger charge is -2.34. The van der Waals surface area contributed by atoms with E-state index in [4.69, 9.17) is 0 Å². The Morgan fingerprint density at radius 1 is 1.41 bits per heavy atom. The number of fused-ring (bicyclic) bond motifs is 1. The molecule has 1 aliphatic heterocycles. The van der Waals surface area contributed by atoms with Crippen molar-refractivity contribution in [1.29, 1.82) is 0 Å². The SMILES string of the molecule is CNC(=O)c1sc2ncccc2c1C1CCN(C(C)C)CC1. The Balaban J connectivity index is 1.97. The van der Waals surface area contributed by atoms with Gasteiger partial charge < -0.3 is 10.2 Å². The van der Waals surface area contributed by atoms with Crippen LogP contribution in [0, 0.1) is 0 Å². The monoisotopic (exact) mass is 317 g/mol. The molecular weight excluding hydrogens is 294 g/mol. The predicted octanol–water partition coefficient (Wildman–Crippen LogP) is 3.24. The van der Waals surface area contributed by atoms with Crippen LogP contribution in [0.1, 0.15) is 47.8 Å². The minimum Gasteiger partial charge on any atom is -0.354 e. The molecule has 22 heavy (non-hydrogen) atoms. The molecule has 1 N–H and O–H groups in total. The highest BCUT2D eigenvalue weighted by Gasteiger charge is 2.28. The average molecular weight is 317 g/mol. The van der Waals surface area contributed by atoms with E-state index < -0.39 is 0 Å². The molecule has 0 spiro atoms. The van der Waals surface area contributed by atoms with Crippen LogP contribution in [0.25, 0.3) is 10.2 Å². The molecule has 5 heteroatoms. The van der Waals surface area contributed by atoms with Crippen molar-refractivity contribution in [3.8, 4) is 0 Å². The van der Waals surface area contributed by atoms with Gasteiger partial charge in [0.2, 0.25) is 0 Å². The van der Waals surface area contributed by atoms with Crippen LogP contribution in [0.3, 0.4) is 0 Å². The van der Waals surface area contributed by atoms with Crippen molar-refractivity contribution >= 4 is 27.5 Å². The van der Waals surface area contributed by atoms with Crippen LogP contribution in [0.4, 0.5) is 0 Å². The molecular formula is C17H23N3OS. The third-order valence-electron chi connectivity index (χ3n) is 4.61. The number of pyridine rings is 1. The molecule has 1 fully saturated rings. The van der Waals surface area contributed by atoms with Gasteiger partial charge in [-0.1, -0.05) is 6.07 Å². The summed E-state index contributed by atoms with van der Waals surface area (Å²) in [6.07, 6.45) is 4.03. The third-order valence-corrected chi connectivity index (χ3v) is 5.73. The first-order valence-corrected chi connectivity index (χ1v) is 8.77. The quantitative estimate of drug-likeness (QED) is 0.945. The zero-order valence-electron chi connectivity index (χ0n) is 13.4. The lowest BCUT2D eigenvalue weighted by Crippen LogP contribution is -2.38. The number of thiophene rings is 1. The van der Waals surface area contributed by atoms with Gasteiger partial charge in [-0.05, 0) is 57.3 Å². The largest absolute Gasteiger partial charge is 0.354 e. The van der Waals surface area contributed by atoms with Crippen LogP contribution in [0.15, 0.2) is 18.3 Å². The van der Waals surface area contributed by atoms with Gasteiger partial charge in [-0.25, -0.2) is 4.98 Å². The van der Waals surface area contributed by atoms with E-state index in [1.165, 1.54) is 16.9 Å². The number of nitrogens with zero attached hydrogens (tertiary/aromatic N) is 2. The van der Waals surface area contributed by atoms with Gasteiger partial charge in [0.05, 0.1) is 4.88 Å². The highest BCUT2D eigenvalue weighted by molar-refractivity contribution is 7.20.